The van der Waals surface area contributed by atoms with Crippen molar-refractivity contribution in [1.82, 2.24) is 0 Å². The van der Waals surface area contributed by atoms with Gasteiger partial charge in [-0.1, -0.05) is 59.1 Å². The van der Waals surface area contributed by atoms with E-state index in [9.17, 15) is 9.59 Å². The summed E-state index contributed by atoms with van der Waals surface area (Å²) >= 11 is 0. The van der Waals surface area contributed by atoms with Crippen LogP contribution in [0, 0.1) is 11.8 Å². The smallest absolute Gasteiger partial charge is 0.338 e. The lowest BCUT2D eigenvalue weighted by Crippen LogP contribution is -2.15. The first-order valence-electron chi connectivity index (χ1n) is 8.30. The van der Waals surface area contributed by atoms with Crippen LogP contribution in [0.5, 0.6) is 0 Å². The lowest BCUT2D eigenvalue weighted by molar-refractivity contribution is 0.0428. The second-order valence-electron chi connectivity index (χ2n) is 6.11. The number of Topliss-reactive ketones (excluding diaryl/α,β-unsaturated/α-hetero) is 1. The van der Waals surface area contributed by atoms with E-state index in [0.717, 1.165) is 25.7 Å². The Labute approximate surface area is 134 Å². The number of rotatable bonds is 9. The Hall–Kier alpha value is -1.64. The van der Waals surface area contributed by atoms with Gasteiger partial charge in [0.15, 0.2) is 5.78 Å². The molecule has 0 aromatic heterocycles. The molecule has 1 rings (SSSR count). The van der Waals surface area contributed by atoms with Crippen LogP contribution in [-0.2, 0) is 4.74 Å². The Bertz CT molecular complexity index is 491. The number of hydrogen-bond acceptors (Lipinski definition) is 3. The molecule has 3 heteroatoms. The van der Waals surface area contributed by atoms with Gasteiger partial charge >= 0.3 is 5.97 Å². The van der Waals surface area contributed by atoms with Crippen LogP contribution in [0.4, 0.5) is 0 Å². The van der Waals surface area contributed by atoms with Crippen molar-refractivity contribution in [2.75, 3.05) is 6.61 Å². The van der Waals surface area contributed by atoms with Crippen LogP contribution < -0.4 is 0 Å². The molecule has 1 aromatic rings. The summed E-state index contributed by atoms with van der Waals surface area (Å²) in [5.74, 6) is 0.0477. The Morgan fingerprint density at radius 2 is 1.82 bits per heavy atom. The van der Waals surface area contributed by atoms with E-state index in [2.05, 4.69) is 13.8 Å². The van der Waals surface area contributed by atoms with Crippen LogP contribution in [0.25, 0.3) is 0 Å². The normalized spacial score (nSPS) is 12.2. The predicted molar refractivity (Wildman–Crippen MR) is 89.2 cm³/mol. The monoisotopic (exact) mass is 304 g/mol. The lowest BCUT2D eigenvalue weighted by atomic mass is 9.99. The van der Waals surface area contributed by atoms with E-state index in [0.29, 0.717) is 23.7 Å². The summed E-state index contributed by atoms with van der Waals surface area (Å²) in [5, 5.41) is 0. The van der Waals surface area contributed by atoms with Crippen molar-refractivity contribution in [2.45, 2.75) is 53.4 Å². The molecule has 1 unspecified atom stereocenters. The van der Waals surface area contributed by atoms with Crippen LogP contribution in [-0.4, -0.2) is 18.4 Å². The number of carbonyl (C=O) groups excluding carboxylic acids is 2. The first-order valence-corrected chi connectivity index (χ1v) is 8.30. The maximum atomic E-state index is 12.2. The van der Waals surface area contributed by atoms with Crippen LogP contribution in [0.3, 0.4) is 0 Å². The van der Waals surface area contributed by atoms with E-state index in [1.807, 2.05) is 13.8 Å². The van der Waals surface area contributed by atoms with Crippen molar-refractivity contribution >= 4 is 11.8 Å². The van der Waals surface area contributed by atoms with Crippen molar-refractivity contribution in [3.8, 4) is 0 Å². The van der Waals surface area contributed by atoms with E-state index < -0.39 is 0 Å². The third-order valence-corrected chi connectivity index (χ3v) is 3.90. The zero-order chi connectivity index (χ0) is 16.5. The van der Waals surface area contributed by atoms with Crippen molar-refractivity contribution in [2.24, 2.45) is 11.8 Å². The van der Waals surface area contributed by atoms with Crippen molar-refractivity contribution in [3.05, 3.63) is 35.4 Å². The molecule has 0 heterocycles. The Kier molecular flexibility index (Phi) is 7.86. The number of ketones is 1. The fourth-order valence-electron chi connectivity index (χ4n) is 2.31. The minimum Gasteiger partial charge on any atom is -0.462 e. The average molecular weight is 304 g/mol. The van der Waals surface area contributed by atoms with Crippen LogP contribution in [0.2, 0.25) is 0 Å². The fourth-order valence-corrected chi connectivity index (χ4v) is 2.31. The third kappa shape index (κ3) is 5.63. The highest BCUT2D eigenvalue weighted by Gasteiger charge is 2.15. The molecule has 0 spiro atoms. The molecule has 0 aliphatic carbocycles. The highest BCUT2D eigenvalue weighted by atomic mass is 16.5. The highest BCUT2D eigenvalue weighted by molar-refractivity contribution is 6.00. The molecular formula is C19H28O3. The molecule has 0 N–H and O–H groups in total. The van der Waals surface area contributed by atoms with E-state index in [1.165, 1.54) is 0 Å². The fraction of sp³-hybridized carbons (Fsp3) is 0.579. The summed E-state index contributed by atoms with van der Waals surface area (Å²) in [5.41, 5.74) is 1.03. The second kappa shape index (κ2) is 9.39. The number of esters is 1. The molecule has 22 heavy (non-hydrogen) atoms. The molecule has 0 bridgehead atoms. The number of carbonyl (C=O) groups is 2. The molecule has 0 aliphatic heterocycles. The minimum absolute atomic E-state index is 0.0454. The van der Waals surface area contributed by atoms with Crippen LogP contribution >= 0.6 is 0 Å². The van der Waals surface area contributed by atoms with Crippen molar-refractivity contribution in [3.63, 3.8) is 0 Å². The second-order valence-corrected chi connectivity index (χ2v) is 6.11. The van der Waals surface area contributed by atoms with Gasteiger partial charge in [0, 0.05) is 11.5 Å². The molecule has 1 atom stereocenters. The maximum Gasteiger partial charge on any atom is 0.338 e. The first-order chi connectivity index (χ1) is 10.5. The molecule has 0 fully saturated rings. The van der Waals surface area contributed by atoms with Crippen molar-refractivity contribution in [1.29, 1.82) is 0 Å². The largest absolute Gasteiger partial charge is 0.462 e. The van der Waals surface area contributed by atoms with Gasteiger partial charge in [-0.05, 0) is 24.5 Å². The highest BCUT2D eigenvalue weighted by Crippen LogP contribution is 2.15. The molecule has 0 saturated carbocycles. The number of ether oxygens (including phenoxy) is 1. The molecular weight excluding hydrogens is 276 g/mol. The van der Waals surface area contributed by atoms with E-state index in [4.69, 9.17) is 4.74 Å². The van der Waals surface area contributed by atoms with Gasteiger partial charge in [0.2, 0.25) is 0 Å². The molecule has 3 nitrogen and oxygen atoms in total. The Morgan fingerprint density at radius 3 is 2.41 bits per heavy atom. The topological polar surface area (TPSA) is 43.4 Å². The van der Waals surface area contributed by atoms with Gasteiger partial charge in [0.25, 0.3) is 0 Å². The summed E-state index contributed by atoms with van der Waals surface area (Å²) in [7, 11) is 0. The van der Waals surface area contributed by atoms with Gasteiger partial charge in [-0.3, -0.25) is 4.79 Å². The van der Waals surface area contributed by atoms with Crippen LogP contribution in [0.1, 0.15) is 74.1 Å². The third-order valence-electron chi connectivity index (χ3n) is 3.90. The van der Waals surface area contributed by atoms with Crippen LogP contribution in [0.15, 0.2) is 24.3 Å². The number of unbranched alkanes of at least 4 members (excludes halogenated alkanes) is 1. The Morgan fingerprint density at radius 1 is 1.14 bits per heavy atom. The van der Waals surface area contributed by atoms with Gasteiger partial charge in [-0.25, -0.2) is 4.79 Å². The molecule has 0 radical (unpaired) electrons. The summed E-state index contributed by atoms with van der Waals surface area (Å²) in [6.45, 7) is 8.45. The average Bonchev–Trinajstić information content (AvgIpc) is 2.54. The predicted octanol–water partition coefficient (Wildman–Crippen LogP) is 4.90. The quantitative estimate of drug-likeness (QED) is 0.481. The van der Waals surface area contributed by atoms with E-state index in [-0.39, 0.29) is 17.7 Å². The zero-order valence-electron chi connectivity index (χ0n) is 14.2. The van der Waals surface area contributed by atoms with E-state index in [1.54, 1.807) is 24.3 Å². The van der Waals surface area contributed by atoms with Gasteiger partial charge in [-0.2, -0.15) is 0 Å². The molecule has 0 saturated heterocycles. The molecule has 0 aliphatic rings. The van der Waals surface area contributed by atoms with Gasteiger partial charge in [0.05, 0.1) is 12.2 Å². The van der Waals surface area contributed by atoms with Gasteiger partial charge in [-0.15, -0.1) is 0 Å². The molecule has 122 valence electrons. The summed E-state index contributed by atoms with van der Waals surface area (Å²) in [6.07, 6.45) is 4.42. The van der Waals surface area contributed by atoms with E-state index >= 15 is 0 Å². The first kappa shape index (κ1) is 18.4. The summed E-state index contributed by atoms with van der Waals surface area (Å²) in [6, 6.07) is 6.82. The summed E-state index contributed by atoms with van der Waals surface area (Å²) < 4.78 is 5.42. The lowest BCUT2D eigenvalue weighted by Gasteiger charge is -2.14. The van der Waals surface area contributed by atoms with Crippen molar-refractivity contribution < 1.29 is 14.3 Å². The maximum absolute atomic E-state index is 12.2. The zero-order valence-corrected chi connectivity index (χ0v) is 14.2. The molecule has 0 amide bonds. The summed E-state index contributed by atoms with van der Waals surface area (Å²) in [4.78, 5) is 24.1. The van der Waals surface area contributed by atoms with Gasteiger partial charge in [0.1, 0.15) is 0 Å². The van der Waals surface area contributed by atoms with Gasteiger partial charge < -0.3 is 4.74 Å². The number of hydrogen-bond donors (Lipinski definition) is 0. The Balaban J connectivity index is 2.65. The number of benzene rings is 1. The molecule has 1 aromatic carbocycles. The SMILES string of the molecule is CCCCC(CC)COC(=O)c1cccc(C(=O)C(C)C)c1. The minimum atomic E-state index is -0.339. The standard InChI is InChI=1S/C19H28O3/c1-5-7-9-15(6-2)13-22-19(21)17-11-8-10-16(12-17)18(20)14(3)4/h8,10-12,14-15H,5-7,9,13H2,1-4H3.